The first-order chi connectivity index (χ1) is 14.9. The fraction of sp³-hybridized carbons (Fsp3) is 0.0952. The summed E-state index contributed by atoms with van der Waals surface area (Å²) in [6, 6.07) is 19.3. The first-order valence-corrected chi connectivity index (χ1v) is 11.1. The van der Waals surface area contributed by atoms with Gasteiger partial charge in [0.15, 0.2) is 0 Å². The number of carbonyl (C=O) groups excluding carboxylic acids is 1. The van der Waals surface area contributed by atoms with Crippen molar-refractivity contribution in [2.75, 3.05) is 5.32 Å². The molecule has 3 rings (SSSR count). The number of nitrogens with one attached hydrogen (secondary N) is 2. The van der Waals surface area contributed by atoms with E-state index in [9.17, 15) is 13.2 Å². The maximum atomic E-state index is 12.0. The molecule has 2 amide bonds. The van der Waals surface area contributed by atoms with E-state index in [0.717, 1.165) is 11.1 Å². The predicted octanol–water partition coefficient (Wildman–Crippen LogP) is 4.12. The summed E-state index contributed by atoms with van der Waals surface area (Å²) < 4.78 is 39.4. The minimum atomic E-state index is -2.08. The number of rotatable bonds is 8. The normalized spacial score (nSPS) is 12.5. The van der Waals surface area contributed by atoms with Crippen LogP contribution in [0.25, 0.3) is 0 Å². The van der Waals surface area contributed by atoms with Crippen LogP contribution >= 0.6 is 0 Å². The average molecular weight is 461 g/mol. The summed E-state index contributed by atoms with van der Waals surface area (Å²) in [7, 11) is 0. The van der Waals surface area contributed by atoms with Gasteiger partial charge in [-0.05, 0) is 50.2 Å². The number of hydroxylamine groups is 1. The van der Waals surface area contributed by atoms with E-state index in [2.05, 4.69) is 10.8 Å². The lowest BCUT2D eigenvalue weighted by Crippen LogP contribution is -2.29. The van der Waals surface area contributed by atoms with Crippen LogP contribution in [0.5, 0.6) is 11.5 Å². The monoisotopic (exact) mass is 460 g/mol. The molecule has 0 aliphatic rings. The van der Waals surface area contributed by atoms with Crippen molar-refractivity contribution in [1.82, 2.24) is 5.48 Å². The molecule has 0 fully saturated rings. The largest absolute Gasteiger partial charge is 0.417 e. The smallest absolute Gasteiger partial charge is 0.371 e. The molecule has 2 atom stereocenters. The summed E-state index contributed by atoms with van der Waals surface area (Å²) >= 11 is -3.93. The summed E-state index contributed by atoms with van der Waals surface area (Å²) in [6.07, 6.45) is 0. The molecule has 3 aromatic rings. The van der Waals surface area contributed by atoms with Crippen molar-refractivity contribution in [3.05, 3.63) is 83.9 Å². The van der Waals surface area contributed by atoms with E-state index in [-0.39, 0.29) is 5.75 Å². The number of hydrogen-bond acceptors (Lipinski definition) is 6. The molecule has 0 radical (unpaired) electrons. The van der Waals surface area contributed by atoms with Crippen LogP contribution in [0.2, 0.25) is 0 Å². The first-order valence-electron chi connectivity index (χ1n) is 9.07. The third kappa shape index (κ3) is 7.21. The summed E-state index contributed by atoms with van der Waals surface area (Å²) in [6.45, 7) is 3.83. The Labute approximate surface area is 185 Å². The molecule has 10 heteroatoms. The standard InChI is InChI=1S/C21H20N2O6S2/c1-15-6-10-18(11-7-15)27-31(26)28-19-5-3-4-17(14-19)22-21(24)23-29-30(25)20-12-8-16(2)9-13-20/h3-14H,1-2H3,(H2,22,23,24). The SMILES string of the molecule is Cc1ccc(OS(=O)Oc2cccc(NC(=O)NOS(=O)c3ccc(C)cc3)c2)cc1. The Morgan fingerprint density at radius 2 is 1.42 bits per heavy atom. The highest BCUT2D eigenvalue weighted by Crippen LogP contribution is 2.20. The van der Waals surface area contributed by atoms with Gasteiger partial charge in [0.25, 0.3) is 0 Å². The Bertz CT molecular complexity index is 1090. The second-order valence-corrected chi connectivity index (χ2v) is 8.25. The van der Waals surface area contributed by atoms with Gasteiger partial charge >= 0.3 is 17.4 Å². The van der Waals surface area contributed by atoms with E-state index >= 15 is 0 Å². The molecule has 0 spiro atoms. The molecular weight excluding hydrogens is 440 g/mol. The molecule has 0 aromatic heterocycles. The lowest BCUT2D eigenvalue weighted by atomic mass is 10.2. The van der Waals surface area contributed by atoms with Crippen LogP contribution in [0.1, 0.15) is 11.1 Å². The number of hydrogen-bond donors (Lipinski definition) is 2. The molecule has 0 aliphatic heterocycles. The van der Waals surface area contributed by atoms with E-state index in [1.807, 2.05) is 26.0 Å². The number of urea groups is 1. The lowest BCUT2D eigenvalue weighted by Gasteiger charge is -2.09. The molecule has 2 N–H and O–H groups in total. The molecule has 2 unspecified atom stereocenters. The number of anilines is 1. The van der Waals surface area contributed by atoms with Gasteiger partial charge in [-0.2, -0.15) is 8.49 Å². The summed E-state index contributed by atoms with van der Waals surface area (Å²) in [5, 5.41) is 2.50. The maximum absolute atomic E-state index is 12.0. The van der Waals surface area contributed by atoms with Gasteiger partial charge < -0.3 is 13.7 Å². The minimum Gasteiger partial charge on any atom is -0.371 e. The van der Waals surface area contributed by atoms with Crippen molar-refractivity contribution < 1.29 is 25.9 Å². The van der Waals surface area contributed by atoms with Gasteiger partial charge in [-0.25, -0.2) is 14.5 Å². The number of carbonyl (C=O) groups is 1. The zero-order chi connectivity index (χ0) is 22.2. The Kier molecular flexibility index (Phi) is 7.76. The predicted molar refractivity (Wildman–Crippen MR) is 118 cm³/mol. The molecule has 31 heavy (non-hydrogen) atoms. The Morgan fingerprint density at radius 3 is 2.10 bits per heavy atom. The third-order valence-electron chi connectivity index (χ3n) is 3.86. The molecule has 3 aromatic carbocycles. The third-order valence-corrected chi connectivity index (χ3v) is 5.41. The minimum absolute atomic E-state index is 0.215. The highest BCUT2D eigenvalue weighted by atomic mass is 32.2. The van der Waals surface area contributed by atoms with Crippen molar-refractivity contribution in [1.29, 1.82) is 0 Å². The Hall–Kier alpha value is -3.21. The quantitative estimate of drug-likeness (QED) is 0.490. The highest BCUT2D eigenvalue weighted by molar-refractivity contribution is 7.80. The van der Waals surface area contributed by atoms with Gasteiger partial charge in [0, 0.05) is 11.8 Å². The number of benzene rings is 3. The highest BCUT2D eigenvalue weighted by Gasteiger charge is 2.10. The van der Waals surface area contributed by atoms with Crippen molar-refractivity contribution >= 4 is 34.2 Å². The Balaban J connectivity index is 1.50. The van der Waals surface area contributed by atoms with Gasteiger partial charge in [-0.15, -0.1) is 0 Å². The van der Waals surface area contributed by atoms with E-state index < -0.39 is 28.5 Å². The topological polar surface area (TPSA) is 103 Å². The fourth-order valence-electron chi connectivity index (χ4n) is 2.32. The number of aryl methyl sites for hydroxylation is 2. The molecule has 0 saturated carbocycles. The summed E-state index contributed by atoms with van der Waals surface area (Å²) in [5.41, 5.74) is 4.46. The van der Waals surface area contributed by atoms with E-state index in [0.29, 0.717) is 16.3 Å². The maximum Gasteiger partial charge on any atom is 0.417 e. The van der Waals surface area contributed by atoms with Crippen molar-refractivity contribution in [2.45, 2.75) is 18.7 Å². The van der Waals surface area contributed by atoms with Crippen LogP contribution in [-0.2, 0) is 26.7 Å². The van der Waals surface area contributed by atoms with Gasteiger partial charge in [-0.3, -0.25) is 0 Å². The molecule has 0 saturated heterocycles. The van der Waals surface area contributed by atoms with Gasteiger partial charge in [0.1, 0.15) is 11.5 Å². The van der Waals surface area contributed by atoms with Crippen molar-refractivity contribution in [2.24, 2.45) is 0 Å². The first kappa shape index (κ1) is 22.5. The fourth-order valence-corrected chi connectivity index (χ4v) is 3.49. The second-order valence-electron chi connectivity index (χ2n) is 6.40. The van der Waals surface area contributed by atoms with Gasteiger partial charge in [0.2, 0.25) is 11.1 Å². The van der Waals surface area contributed by atoms with Crippen LogP contribution in [0.3, 0.4) is 0 Å². The van der Waals surface area contributed by atoms with Gasteiger partial charge in [0.05, 0.1) is 4.90 Å². The van der Waals surface area contributed by atoms with Crippen LogP contribution < -0.4 is 19.2 Å². The molecule has 0 bridgehead atoms. The van der Waals surface area contributed by atoms with Crippen LogP contribution in [0, 0.1) is 13.8 Å². The van der Waals surface area contributed by atoms with E-state index in [1.54, 1.807) is 54.6 Å². The molecule has 162 valence electrons. The molecule has 0 aliphatic carbocycles. The van der Waals surface area contributed by atoms with Gasteiger partial charge in [-0.1, -0.05) is 41.5 Å². The number of amides is 2. The van der Waals surface area contributed by atoms with Crippen LogP contribution in [0.4, 0.5) is 10.5 Å². The molecule has 8 nitrogen and oxygen atoms in total. The molecular formula is C21H20N2O6S2. The zero-order valence-electron chi connectivity index (χ0n) is 16.7. The van der Waals surface area contributed by atoms with Crippen LogP contribution in [-0.4, -0.2) is 14.4 Å². The van der Waals surface area contributed by atoms with E-state index in [4.69, 9.17) is 12.6 Å². The zero-order valence-corrected chi connectivity index (χ0v) is 18.3. The summed E-state index contributed by atoms with van der Waals surface area (Å²) in [4.78, 5) is 12.4. The molecule has 0 heterocycles. The van der Waals surface area contributed by atoms with Crippen molar-refractivity contribution in [3.8, 4) is 11.5 Å². The Morgan fingerprint density at radius 1 is 0.806 bits per heavy atom. The van der Waals surface area contributed by atoms with Crippen LogP contribution in [0.15, 0.2) is 77.7 Å². The summed E-state index contributed by atoms with van der Waals surface area (Å²) in [5.74, 6) is 0.615. The van der Waals surface area contributed by atoms with E-state index in [1.165, 1.54) is 6.07 Å². The lowest BCUT2D eigenvalue weighted by molar-refractivity contribution is 0.200. The van der Waals surface area contributed by atoms with Crippen molar-refractivity contribution in [3.63, 3.8) is 0 Å². The average Bonchev–Trinajstić information content (AvgIpc) is 2.74. The second kappa shape index (κ2) is 10.7.